The van der Waals surface area contributed by atoms with E-state index in [1.807, 2.05) is 13.0 Å². The second kappa shape index (κ2) is 8.56. The van der Waals surface area contributed by atoms with E-state index in [0.717, 1.165) is 17.2 Å². The van der Waals surface area contributed by atoms with Crippen molar-refractivity contribution < 1.29 is 22.9 Å². The van der Waals surface area contributed by atoms with Crippen molar-refractivity contribution in [3.8, 4) is 0 Å². The van der Waals surface area contributed by atoms with Crippen molar-refractivity contribution in [1.29, 1.82) is 0 Å². The second-order valence-corrected chi connectivity index (χ2v) is 8.45. The molecule has 0 bridgehead atoms. The first-order valence-electron chi connectivity index (χ1n) is 9.01. The van der Waals surface area contributed by atoms with Crippen LogP contribution in [0.4, 0.5) is 17.1 Å². The Morgan fingerprint density at radius 1 is 1.13 bits per heavy atom. The highest BCUT2D eigenvalue weighted by molar-refractivity contribution is 7.92. The van der Waals surface area contributed by atoms with Gasteiger partial charge >= 0.3 is 0 Å². The number of nitro groups is 1. The maximum atomic E-state index is 12.7. The molecule has 1 atom stereocenters. The molecule has 1 heterocycles. The maximum absolute atomic E-state index is 12.7. The van der Waals surface area contributed by atoms with E-state index in [1.165, 1.54) is 18.4 Å². The molecule has 1 unspecified atom stereocenters. The zero-order chi connectivity index (χ0) is 21.9. The van der Waals surface area contributed by atoms with Crippen LogP contribution in [0.25, 0.3) is 0 Å². The number of furan rings is 1. The van der Waals surface area contributed by atoms with Crippen LogP contribution in [0.3, 0.4) is 0 Å². The summed E-state index contributed by atoms with van der Waals surface area (Å²) in [5, 5.41) is 24.3. The number of sulfonamides is 1. The maximum Gasteiger partial charge on any atom is 0.293 e. The van der Waals surface area contributed by atoms with E-state index >= 15 is 0 Å². The number of aryl methyl sites for hydroxylation is 2. The number of hydrogen-bond acceptors (Lipinski definition) is 7. The largest absolute Gasteiger partial charge is 0.467 e. The number of anilines is 2. The number of benzene rings is 2. The van der Waals surface area contributed by atoms with Crippen LogP contribution in [0, 0.1) is 24.0 Å². The number of aliphatic hydroxyl groups excluding tert-OH is 1. The highest BCUT2D eigenvalue weighted by atomic mass is 32.2. The van der Waals surface area contributed by atoms with Gasteiger partial charge in [0.25, 0.3) is 15.7 Å². The van der Waals surface area contributed by atoms with Crippen molar-refractivity contribution >= 4 is 27.1 Å². The number of nitrogens with zero attached hydrogens (tertiary/aromatic N) is 1. The van der Waals surface area contributed by atoms with Gasteiger partial charge in [-0.05, 0) is 49.7 Å². The molecule has 158 valence electrons. The van der Waals surface area contributed by atoms with Gasteiger partial charge < -0.3 is 14.8 Å². The molecule has 0 amide bonds. The Balaban J connectivity index is 1.83. The molecular formula is C20H21N3O6S. The number of aliphatic hydroxyl groups is 1. The topological polar surface area (TPSA) is 135 Å². The van der Waals surface area contributed by atoms with Crippen molar-refractivity contribution in [1.82, 2.24) is 0 Å². The average molecular weight is 431 g/mol. The minimum atomic E-state index is -4.03. The van der Waals surface area contributed by atoms with Crippen molar-refractivity contribution in [3.63, 3.8) is 0 Å². The first kappa shape index (κ1) is 21.3. The predicted octanol–water partition coefficient (Wildman–Crippen LogP) is 3.75. The molecule has 0 aliphatic heterocycles. The lowest BCUT2D eigenvalue weighted by molar-refractivity contribution is -0.384. The molecule has 2 aromatic carbocycles. The molecule has 10 heteroatoms. The fourth-order valence-electron chi connectivity index (χ4n) is 2.90. The summed E-state index contributed by atoms with van der Waals surface area (Å²) in [4.78, 5) is 10.6. The van der Waals surface area contributed by atoms with Gasteiger partial charge in [-0.15, -0.1) is 0 Å². The number of rotatable bonds is 8. The summed E-state index contributed by atoms with van der Waals surface area (Å²) < 4.78 is 33.0. The summed E-state index contributed by atoms with van der Waals surface area (Å²) in [5.41, 5.74) is 1.77. The third-order valence-corrected chi connectivity index (χ3v) is 5.82. The summed E-state index contributed by atoms with van der Waals surface area (Å²) in [5.74, 6) is 0.307. The molecule has 0 spiro atoms. The molecular weight excluding hydrogens is 410 g/mol. The lowest BCUT2D eigenvalue weighted by Gasteiger charge is -2.13. The van der Waals surface area contributed by atoms with Gasteiger partial charge in [-0.1, -0.05) is 17.7 Å². The third-order valence-electron chi connectivity index (χ3n) is 4.46. The van der Waals surface area contributed by atoms with Gasteiger partial charge in [-0.3, -0.25) is 14.8 Å². The molecule has 0 radical (unpaired) electrons. The minimum absolute atomic E-state index is 0.0543. The van der Waals surface area contributed by atoms with E-state index < -0.39 is 26.7 Å². The van der Waals surface area contributed by atoms with E-state index in [-0.39, 0.29) is 17.1 Å². The summed E-state index contributed by atoms with van der Waals surface area (Å²) in [6.07, 6.45) is 0.387. The fourth-order valence-corrected chi connectivity index (χ4v) is 4.05. The summed E-state index contributed by atoms with van der Waals surface area (Å²) >= 11 is 0. The van der Waals surface area contributed by atoms with Crippen LogP contribution < -0.4 is 10.0 Å². The Kier molecular flexibility index (Phi) is 6.09. The fraction of sp³-hybridized carbons (Fsp3) is 0.200. The van der Waals surface area contributed by atoms with Gasteiger partial charge in [-0.2, -0.15) is 0 Å². The van der Waals surface area contributed by atoms with Crippen LogP contribution in [-0.4, -0.2) is 25.0 Å². The van der Waals surface area contributed by atoms with Crippen molar-refractivity contribution in [2.75, 3.05) is 16.6 Å². The Morgan fingerprint density at radius 3 is 2.50 bits per heavy atom. The Morgan fingerprint density at radius 2 is 1.87 bits per heavy atom. The predicted molar refractivity (Wildman–Crippen MR) is 112 cm³/mol. The van der Waals surface area contributed by atoms with Gasteiger partial charge in [0.15, 0.2) is 0 Å². The van der Waals surface area contributed by atoms with E-state index in [0.29, 0.717) is 11.4 Å². The van der Waals surface area contributed by atoms with Gasteiger partial charge in [-0.25, -0.2) is 8.42 Å². The molecule has 0 saturated heterocycles. The monoisotopic (exact) mass is 431 g/mol. The standard InChI is InChI=1S/C20H21N3O6S/c1-13-5-7-16(14(2)10-13)22-30(27,28)15-6-8-17(18(11-15)23(25)26)21-12-19(24)20-4-3-9-29-20/h3-11,19,21-22,24H,12H2,1-2H3. The van der Waals surface area contributed by atoms with Gasteiger partial charge in [0.2, 0.25) is 0 Å². The minimum Gasteiger partial charge on any atom is -0.467 e. The van der Waals surface area contributed by atoms with Crippen LogP contribution in [-0.2, 0) is 10.0 Å². The molecule has 1 aromatic heterocycles. The summed E-state index contributed by atoms with van der Waals surface area (Å²) in [6.45, 7) is 3.61. The van der Waals surface area contributed by atoms with E-state index in [1.54, 1.807) is 31.2 Å². The molecule has 30 heavy (non-hydrogen) atoms. The van der Waals surface area contributed by atoms with Gasteiger partial charge in [0.1, 0.15) is 17.6 Å². The molecule has 0 fully saturated rings. The first-order chi connectivity index (χ1) is 14.2. The lowest BCUT2D eigenvalue weighted by atomic mass is 10.1. The SMILES string of the molecule is Cc1ccc(NS(=O)(=O)c2ccc(NCC(O)c3ccco3)c([N+](=O)[O-])c2)c(C)c1. The Labute approximate surface area is 173 Å². The molecule has 9 nitrogen and oxygen atoms in total. The van der Waals surface area contributed by atoms with Crippen molar-refractivity contribution in [3.05, 3.63) is 81.8 Å². The molecule has 0 saturated carbocycles. The Hall–Kier alpha value is -3.37. The highest BCUT2D eigenvalue weighted by Crippen LogP contribution is 2.30. The van der Waals surface area contributed by atoms with Crippen molar-refractivity contribution in [2.24, 2.45) is 0 Å². The number of hydrogen-bond donors (Lipinski definition) is 3. The average Bonchev–Trinajstić information content (AvgIpc) is 3.23. The first-order valence-corrected chi connectivity index (χ1v) is 10.5. The van der Waals surface area contributed by atoms with E-state index in [9.17, 15) is 23.6 Å². The van der Waals surface area contributed by atoms with Gasteiger partial charge in [0, 0.05) is 12.6 Å². The lowest BCUT2D eigenvalue weighted by Crippen LogP contribution is -2.15. The normalized spacial score (nSPS) is 12.4. The molecule has 3 N–H and O–H groups in total. The quantitative estimate of drug-likeness (QED) is 0.365. The van der Waals surface area contributed by atoms with E-state index in [2.05, 4.69) is 10.0 Å². The molecule has 3 aromatic rings. The number of nitrogens with one attached hydrogen (secondary N) is 2. The van der Waals surface area contributed by atoms with Crippen LogP contribution in [0.15, 0.2) is 64.1 Å². The molecule has 0 aliphatic rings. The summed E-state index contributed by atoms with van der Waals surface area (Å²) in [6, 6.07) is 12.0. The zero-order valence-corrected chi connectivity index (χ0v) is 17.1. The van der Waals surface area contributed by atoms with Crippen LogP contribution in [0.1, 0.15) is 23.0 Å². The van der Waals surface area contributed by atoms with Gasteiger partial charge in [0.05, 0.1) is 21.8 Å². The van der Waals surface area contributed by atoms with Crippen LogP contribution in [0.2, 0.25) is 0 Å². The smallest absolute Gasteiger partial charge is 0.293 e. The Bertz CT molecular complexity index is 1160. The second-order valence-electron chi connectivity index (χ2n) is 6.77. The van der Waals surface area contributed by atoms with E-state index in [4.69, 9.17) is 4.42 Å². The summed E-state index contributed by atoms with van der Waals surface area (Å²) in [7, 11) is -4.03. The highest BCUT2D eigenvalue weighted by Gasteiger charge is 2.23. The zero-order valence-electron chi connectivity index (χ0n) is 16.3. The number of nitro benzene ring substituents is 1. The van der Waals surface area contributed by atoms with Crippen LogP contribution >= 0.6 is 0 Å². The molecule has 0 aliphatic carbocycles. The van der Waals surface area contributed by atoms with Crippen molar-refractivity contribution in [2.45, 2.75) is 24.8 Å². The van der Waals surface area contributed by atoms with Crippen LogP contribution in [0.5, 0.6) is 0 Å². The third kappa shape index (κ3) is 4.78. The molecule has 3 rings (SSSR count).